The Balaban J connectivity index is 1.93. The van der Waals surface area contributed by atoms with E-state index in [9.17, 15) is 4.79 Å². The Bertz CT molecular complexity index is 337. The number of rotatable bonds is 6. The van der Waals surface area contributed by atoms with E-state index in [1.54, 1.807) is 0 Å². The van der Waals surface area contributed by atoms with Gasteiger partial charge in [-0.2, -0.15) is 11.8 Å². The molecule has 2 saturated heterocycles. The average Bonchev–Trinajstić information content (AvgIpc) is 2.44. The van der Waals surface area contributed by atoms with Gasteiger partial charge in [-0.1, -0.05) is 0 Å². The molecule has 2 heterocycles. The van der Waals surface area contributed by atoms with Crippen LogP contribution >= 0.6 is 11.8 Å². The predicted octanol–water partition coefficient (Wildman–Crippen LogP) is 3.01. The molecule has 0 amide bonds. The second kappa shape index (κ2) is 7.84. The van der Waals surface area contributed by atoms with E-state index in [1.807, 2.05) is 11.8 Å². The Morgan fingerprint density at radius 1 is 1.43 bits per heavy atom. The largest absolute Gasteiger partial charge is 0.481 e. The summed E-state index contributed by atoms with van der Waals surface area (Å²) in [5.41, 5.74) is 0.105. The van der Waals surface area contributed by atoms with Crippen molar-refractivity contribution in [1.82, 2.24) is 4.90 Å². The highest BCUT2D eigenvalue weighted by Crippen LogP contribution is 2.39. The van der Waals surface area contributed by atoms with E-state index >= 15 is 0 Å². The molecule has 1 spiro atoms. The summed E-state index contributed by atoms with van der Waals surface area (Å²) in [4.78, 5) is 13.2. The van der Waals surface area contributed by atoms with Gasteiger partial charge in [0.1, 0.15) is 0 Å². The molecular formula is C16H29NO3S. The minimum atomic E-state index is -0.688. The number of ether oxygens (including phenoxy) is 1. The molecule has 0 aliphatic carbocycles. The number of aliphatic carboxylic acids is 1. The molecule has 1 atom stereocenters. The van der Waals surface area contributed by atoms with Crippen molar-refractivity contribution in [2.24, 2.45) is 0 Å². The van der Waals surface area contributed by atoms with Crippen LogP contribution in [0.2, 0.25) is 0 Å². The van der Waals surface area contributed by atoms with E-state index in [0.29, 0.717) is 12.1 Å². The van der Waals surface area contributed by atoms with E-state index in [0.717, 1.165) is 32.4 Å². The average molecular weight is 315 g/mol. The summed E-state index contributed by atoms with van der Waals surface area (Å²) in [6, 6.07) is 1.02. The Hall–Kier alpha value is -0.260. The molecule has 0 radical (unpaired) electrons. The van der Waals surface area contributed by atoms with Gasteiger partial charge in [0.2, 0.25) is 0 Å². The topological polar surface area (TPSA) is 49.8 Å². The number of carboxylic acid groups (broad SMARTS) is 1. The van der Waals surface area contributed by atoms with E-state index in [-0.39, 0.29) is 12.0 Å². The van der Waals surface area contributed by atoms with E-state index in [1.165, 1.54) is 24.3 Å². The quantitative estimate of drug-likeness (QED) is 0.816. The molecule has 4 nitrogen and oxygen atoms in total. The highest BCUT2D eigenvalue weighted by Gasteiger charge is 2.40. The van der Waals surface area contributed by atoms with Crippen LogP contribution in [0, 0.1) is 0 Å². The van der Waals surface area contributed by atoms with Crippen molar-refractivity contribution in [3.05, 3.63) is 0 Å². The second-order valence-corrected chi connectivity index (χ2v) is 7.84. The van der Waals surface area contributed by atoms with Crippen LogP contribution in [0.1, 0.15) is 52.4 Å². The number of thioether (sulfide) groups is 1. The van der Waals surface area contributed by atoms with Gasteiger partial charge in [-0.3, -0.25) is 9.69 Å². The number of nitrogens with zero attached hydrogens (tertiary/aromatic N) is 1. The standard InChI is InChI=1S/C16H29NO3S/c1-13(2)17(8-3-4-15(18)19)14-5-9-20-16(12-14)6-10-21-11-7-16/h13-14H,3-12H2,1-2H3,(H,18,19). The number of carboxylic acids is 1. The summed E-state index contributed by atoms with van der Waals surface area (Å²) in [6.07, 6.45) is 5.57. The summed E-state index contributed by atoms with van der Waals surface area (Å²) in [5, 5.41) is 8.83. The highest BCUT2D eigenvalue weighted by atomic mass is 32.2. The maximum absolute atomic E-state index is 10.7. The van der Waals surface area contributed by atoms with Crippen molar-refractivity contribution in [2.75, 3.05) is 24.7 Å². The first-order valence-electron chi connectivity index (χ1n) is 8.22. The first-order valence-corrected chi connectivity index (χ1v) is 9.37. The maximum Gasteiger partial charge on any atom is 0.303 e. The molecule has 0 aromatic heterocycles. The minimum absolute atomic E-state index is 0.105. The summed E-state index contributed by atoms with van der Waals surface area (Å²) in [6.45, 7) is 6.19. The lowest BCUT2D eigenvalue weighted by atomic mass is 9.84. The van der Waals surface area contributed by atoms with Gasteiger partial charge in [-0.15, -0.1) is 0 Å². The van der Waals surface area contributed by atoms with Gasteiger partial charge in [0.05, 0.1) is 5.60 Å². The lowest BCUT2D eigenvalue weighted by molar-refractivity contribution is -0.137. The van der Waals surface area contributed by atoms with Crippen LogP contribution in [0.3, 0.4) is 0 Å². The molecule has 2 aliphatic heterocycles. The Morgan fingerprint density at radius 3 is 2.76 bits per heavy atom. The van der Waals surface area contributed by atoms with Gasteiger partial charge in [0, 0.05) is 25.1 Å². The third kappa shape index (κ3) is 4.86. The zero-order chi connectivity index (χ0) is 15.3. The molecule has 0 saturated carbocycles. The smallest absolute Gasteiger partial charge is 0.303 e. The molecule has 122 valence electrons. The van der Waals surface area contributed by atoms with Crippen molar-refractivity contribution in [2.45, 2.75) is 70.1 Å². The van der Waals surface area contributed by atoms with Crippen LogP contribution in [-0.4, -0.2) is 58.3 Å². The van der Waals surface area contributed by atoms with Gasteiger partial charge < -0.3 is 9.84 Å². The highest BCUT2D eigenvalue weighted by molar-refractivity contribution is 7.99. The van der Waals surface area contributed by atoms with Gasteiger partial charge in [-0.05, 0) is 64.0 Å². The molecule has 21 heavy (non-hydrogen) atoms. The molecule has 0 aromatic rings. The van der Waals surface area contributed by atoms with E-state index in [4.69, 9.17) is 9.84 Å². The van der Waals surface area contributed by atoms with Gasteiger partial charge >= 0.3 is 5.97 Å². The molecule has 1 N–H and O–H groups in total. The molecule has 5 heteroatoms. The van der Waals surface area contributed by atoms with Crippen molar-refractivity contribution in [1.29, 1.82) is 0 Å². The van der Waals surface area contributed by atoms with Gasteiger partial charge in [-0.25, -0.2) is 0 Å². The fourth-order valence-electron chi connectivity index (χ4n) is 3.65. The second-order valence-electron chi connectivity index (χ2n) is 6.62. The molecule has 0 bridgehead atoms. The van der Waals surface area contributed by atoms with Crippen LogP contribution in [0.25, 0.3) is 0 Å². The third-order valence-corrected chi connectivity index (χ3v) is 5.80. The summed E-state index contributed by atoms with van der Waals surface area (Å²) in [5.74, 6) is 1.74. The van der Waals surface area contributed by atoms with E-state index in [2.05, 4.69) is 18.7 Å². The number of hydrogen-bond donors (Lipinski definition) is 1. The molecule has 2 fully saturated rings. The van der Waals surface area contributed by atoms with Crippen molar-refractivity contribution >= 4 is 17.7 Å². The first-order chi connectivity index (χ1) is 10.0. The Morgan fingerprint density at radius 2 is 2.14 bits per heavy atom. The number of carbonyl (C=O) groups is 1. The summed E-state index contributed by atoms with van der Waals surface area (Å²) >= 11 is 2.04. The molecule has 2 rings (SSSR count). The van der Waals surface area contributed by atoms with Gasteiger partial charge in [0.15, 0.2) is 0 Å². The van der Waals surface area contributed by atoms with Crippen LogP contribution in [0.15, 0.2) is 0 Å². The number of hydrogen-bond acceptors (Lipinski definition) is 4. The Labute approximate surface area is 132 Å². The first kappa shape index (κ1) is 17.1. The summed E-state index contributed by atoms with van der Waals surface area (Å²) in [7, 11) is 0. The summed E-state index contributed by atoms with van der Waals surface area (Å²) < 4.78 is 6.18. The Kier molecular flexibility index (Phi) is 6.38. The van der Waals surface area contributed by atoms with Crippen LogP contribution in [0.4, 0.5) is 0 Å². The SMILES string of the molecule is CC(C)N(CCCC(=O)O)C1CCOC2(CCSCC2)C1. The maximum atomic E-state index is 10.7. The lowest BCUT2D eigenvalue weighted by Gasteiger charge is -2.47. The van der Waals surface area contributed by atoms with Gasteiger partial charge in [0.25, 0.3) is 0 Å². The van der Waals surface area contributed by atoms with Crippen LogP contribution < -0.4 is 0 Å². The third-order valence-electron chi connectivity index (χ3n) is 4.81. The van der Waals surface area contributed by atoms with Crippen molar-refractivity contribution in [3.8, 4) is 0 Å². The predicted molar refractivity (Wildman–Crippen MR) is 87.0 cm³/mol. The van der Waals surface area contributed by atoms with E-state index < -0.39 is 5.97 Å². The van der Waals surface area contributed by atoms with Crippen molar-refractivity contribution < 1.29 is 14.6 Å². The zero-order valence-electron chi connectivity index (χ0n) is 13.3. The minimum Gasteiger partial charge on any atom is -0.481 e. The molecule has 0 aromatic carbocycles. The fraction of sp³-hybridized carbons (Fsp3) is 0.938. The van der Waals surface area contributed by atoms with Crippen LogP contribution in [0.5, 0.6) is 0 Å². The zero-order valence-corrected chi connectivity index (χ0v) is 14.2. The normalized spacial score (nSPS) is 25.6. The monoisotopic (exact) mass is 315 g/mol. The van der Waals surface area contributed by atoms with Crippen LogP contribution in [-0.2, 0) is 9.53 Å². The molecule has 1 unspecified atom stereocenters. The lowest BCUT2D eigenvalue weighted by Crippen LogP contribution is -2.52. The fourth-order valence-corrected chi connectivity index (χ4v) is 4.89. The molecular weight excluding hydrogens is 286 g/mol. The van der Waals surface area contributed by atoms with Crippen molar-refractivity contribution in [3.63, 3.8) is 0 Å². The molecule has 2 aliphatic rings.